The number of aromatic nitrogens is 5. The van der Waals surface area contributed by atoms with E-state index in [9.17, 15) is 4.79 Å². The first-order valence-corrected chi connectivity index (χ1v) is 14.2. The van der Waals surface area contributed by atoms with Crippen LogP contribution >= 0.6 is 23.1 Å². The van der Waals surface area contributed by atoms with Gasteiger partial charge in [-0.1, -0.05) is 43.8 Å². The van der Waals surface area contributed by atoms with Crippen LogP contribution in [0.5, 0.6) is 0 Å². The molecule has 2 bridgehead atoms. The lowest BCUT2D eigenvalue weighted by Gasteiger charge is -2.31. The van der Waals surface area contributed by atoms with E-state index in [2.05, 4.69) is 71.2 Å². The van der Waals surface area contributed by atoms with Gasteiger partial charge in [0.1, 0.15) is 21.9 Å². The quantitative estimate of drug-likeness (QED) is 0.161. The van der Waals surface area contributed by atoms with Crippen LogP contribution in [0.25, 0.3) is 39.1 Å². The van der Waals surface area contributed by atoms with E-state index in [1.807, 2.05) is 18.2 Å². The van der Waals surface area contributed by atoms with Gasteiger partial charge in [0, 0.05) is 39.4 Å². The predicted octanol–water partition coefficient (Wildman–Crippen LogP) is 5.92. The van der Waals surface area contributed by atoms with Gasteiger partial charge in [-0.15, -0.1) is 11.3 Å². The van der Waals surface area contributed by atoms with E-state index in [1.165, 1.54) is 11.1 Å². The van der Waals surface area contributed by atoms with Crippen LogP contribution in [0.1, 0.15) is 36.1 Å². The highest BCUT2D eigenvalue weighted by Crippen LogP contribution is 2.42. The van der Waals surface area contributed by atoms with Gasteiger partial charge < -0.3 is 4.98 Å². The molecule has 3 N–H and O–H groups in total. The molecular formula is C29H27N7OS2. The number of thiazole rings is 1. The van der Waals surface area contributed by atoms with Crippen molar-refractivity contribution in [1.29, 1.82) is 0 Å². The summed E-state index contributed by atoms with van der Waals surface area (Å²) in [6, 6.07) is 10.5. The molecule has 10 heteroatoms. The summed E-state index contributed by atoms with van der Waals surface area (Å²) in [6.07, 6.45) is 6.56. The number of rotatable bonds is 4. The molecule has 8 nitrogen and oxygen atoms in total. The number of nitrogens with two attached hydrogens (primary N) is 1. The largest absolute Gasteiger partial charge is 0.341 e. The fourth-order valence-corrected chi connectivity index (χ4v) is 7.12. The van der Waals surface area contributed by atoms with Crippen molar-refractivity contribution < 1.29 is 4.79 Å². The maximum absolute atomic E-state index is 12.5. The highest BCUT2D eigenvalue weighted by molar-refractivity contribution is 7.99. The Morgan fingerprint density at radius 2 is 1.87 bits per heavy atom. The van der Waals surface area contributed by atoms with Crippen molar-refractivity contribution >= 4 is 46.2 Å². The summed E-state index contributed by atoms with van der Waals surface area (Å²) in [6.45, 7) is 8.86. The summed E-state index contributed by atoms with van der Waals surface area (Å²) in [4.78, 5) is 34.8. The molecule has 6 rings (SSSR count). The summed E-state index contributed by atoms with van der Waals surface area (Å²) in [5.74, 6) is 5.88. The van der Waals surface area contributed by atoms with Gasteiger partial charge in [-0.25, -0.2) is 25.8 Å². The van der Waals surface area contributed by atoms with E-state index in [0.29, 0.717) is 12.2 Å². The first-order valence-electron chi connectivity index (χ1n) is 12.5. The molecule has 0 atom stereocenters. The van der Waals surface area contributed by atoms with Crippen LogP contribution in [-0.4, -0.2) is 42.4 Å². The molecular weight excluding hydrogens is 527 g/mol. The number of nitrogens with zero attached hydrogens (tertiary/aromatic N) is 5. The van der Waals surface area contributed by atoms with Gasteiger partial charge in [0.05, 0.1) is 12.0 Å². The van der Waals surface area contributed by atoms with Crippen LogP contribution in [0.3, 0.4) is 0 Å². The molecule has 1 amide bonds. The average Bonchev–Trinajstić information content (AvgIpc) is 3.57. The van der Waals surface area contributed by atoms with Gasteiger partial charge in [0.2, 0.25) is 0 Å². The number of amides is 1. The van der Waals surface area contributed by atoms with E-state index in [-0.39, 0.29) is 11.3 Å². The van der Waals surface area contributed by atoms with Crippen LogP contribution < -0.4 is 5.84 Å². The second-order valence-electron chi connectivity index (χ2n) is 10.3. The Kier molecular flexibility index (Phi) is 6.33. The lowest BCUT2D eigenvalue weighted by atomic mass is 9.80. The second kappa shape index (κ2) is 9.71. The van der Waals surface area contributed by atoms with E-state index in [1.54, 1.807) is 35.8 Å². The van der Waals surface area contributed by atoms with E-state index >= 15 is 0 Å². The average molecular weight is 554 g/mol. The summed E-state index contributed by atoms with van der Waals surface area (Å²) >= 11 is 3.21. The number of imidazole rings is 1. The number of carbonyl (C=O) groups excluding carboxylic acids is 1. The standard InChI is InChI=1S/C29H27N7OS2/c1-16-10-19(39-28-25-26(32-14-31-25)33-15-34-28)11-17(2)23(16)21-12-38-27(35-21)24-18-6-5-7-20(24)29(3,4)13-36(30)22(37)9-8-18/h5-12,14-15H,13,30H2,1-4H3,(H,31,32,33,34)/b9-8+. The highest BCUT2D eigenvalue weighted by atomic mass is 32.2. The van der Waals surface area contributed by atoms with Gasteiger partial charge in [0.15, 0.2) is 5.65 Å². The highest BCUT2D eigenvalue weighted by Gasteiger charge is 2.30. The van der Waals surface area contributed by atoms with E-state index in [4.69, 9.17) is 10.8 Å². The number of nitrogens with one attached hydrogen (secondary N) is 1. The summed E-state index contributed by atoms with van der Waals surface area (Å²) in [7, 11) is 0. The molecule has 4 heterocycles. The molecule has 196 valence electrons. The van der Waals surface area contributed by atoms with Gasteiger partial charge in [-0.05, 0) is 54.3 Å². The molecule has 5 aromatic rings. The number of carbonyl (C=O) groups is 1. The number of hydrazine groups is 1. The van der Waals surface area contributed by atoms with Crippen molar-refractivity contribution in [2.45, 2.75) is 43.0 Å². The molecule has 0 saturated heterocycles. The lowest BCUT2D eigenvalue weighted by Crippen LogP contribution is -2.44. The van der Waals surface area contributed by atoms with Crippen molar-refractivity contribution in [3.8, 4) is 21.8 Å². The van der Waals surface area contributed by atoms with Gasteiger partial charge >= 0.3 is 0 Å². The third kappa shape index (κ3) is 4.64. The second-order valence-corrected chi connectivity index (χ2v) is 12.2. The van der Waals surface area contributed by atoms with Crippen molar-refractivity contribution in [2.24, 2.45) is 5.84 Å². The van der Waals surface area contributed by atoms with Gasteiger partial charge in [-0.2, -0.15) is 0 Å². The molecule has 1 aliphatic rings. The Morgan fingerprint density at radius 1 is 1.08 bits per heavy atom. The Balaban J connectivity index is 1.39. The van der Waals surface area contributed by atoms with Crippen LogP contribution in [0.2, 0.25) is 0 Å². The van der Waals surface area contributed by atoms with Crippen molar-refractivity contribution in [2.75, 3.05) is 6.54 Å². The molecule has 2 aromatic carbocycles. The zero-order valence-electron chi connectivity index (χ0n) is 22.0. The Morgan fingerprint density at radius 3 is 2.67 bits per heavy atom. The third-order valence-electron chi connectivity index (χ3n) is 6.96. The van der Waals surface area contributed by atoms with Crippen molar-refractivity contribution in [1.82, 2.24) is 29.9 Å². The SMILES string of the molecule is Cc1cc(Sc2ncnc3nc[nH]c23)cc(C)c1-c1csc(-c2c3cccc2C(C)(C)CN(N)C(=O)/C=C/3)n1. The minimum absolute atomic E-state index is 0.212. The van der Waals surface area contributed by atoms with Gasteiger partial charge in [-0.3, -0.25) is 9.80 Å². The van der Waals surface area contributed by atoms with Crippen LogP contribution in [-0.2, 0) is 10.2 Å². The molecule has 3 aromatic heterocycles. The van der Waals surface area contributed by atoms with Crippen molar-refractivity contribution in [3.05, 3.63) is 76.7 Å². The third-order valence-corrected chi connectivity index (χ3v) is 8.80. The fourth-order valence-electron chi connectivity index (χ4n) is 5.18. The number of hydrogen-bond acceptors (Lipinski definition) is 8. The van der Waals surface area contributed by atoms with Crippen molar-refractivity contribution in [3.63, 3.8) is 0 Å². The maximum atomic E-state index is 12.5. The molecule has 0 fully saturated rings. The van der Waals surface area contributed by atoms with Crippen LogP contribution in [0, 0.1) is 13.8 Å². The van der Waals surface area contributed by atoms with E-state index in [0.717, 1.165) is 59.5 Å². The minimum Gasteiger partial charge on any atom is -0.341 e. The molecule has 0 aliphatic carbocycles. The number of benzene rings is 2. The van der Waals surface area contributed by atoms with E-state index < -0.39 is 0 Å². The first-order chi connectivity index (χ1) is 18.7. The Labute approximate surface area is 234 Å². The summed E-state index contributed by atoms with van der Waals surface area (Å²) < 4.78 is 0. The van der Waals surface area contributed by atoms with Crippen LogP contribution in [0.4, 0.5) is 0 Å². The summed E-state index contributed by atoms with van der Waals surface area (Å²) in [5.41, 5.74) is 8.59. The number of aryl methyl sites for hydroxylation is 2. The Hall–Kier alpha value is -3.86. The molecule has 0 radical (unpaired) electrons. The zero-order chi connectivity index (χ0) is 27.3. The van der Waals surface area contributed by atoms with Gasteiger partial charge in [0.25, 0.3) is 5.91 Å². The topological polar surface area (TPSA) is 114 Å². The van der Waals surface area contributed by atoms with Crippen LogP contribution in [0.15, 0.2) is 64.4 Å². The number of aromatic amines is 1. The zero-order valence-corrected chi connectivity index (χ0v) is 23.7. The number of fused-ring (bicyclic) bond motifs is 3. The molecule has 1 aliphatic heterocycles. The Bertz CT molecular complexity index is 1750. The normalized spacial score (nSPS) is 15.7. The fraction of sp³-hybridized carbons (Fsp3) is 0.207. The minimum atomic E-state index is -0.362. The molecule has 0 unspecified atom stereocenters. The summed E-state index contributed by atoms with van der Waals surface area (Å²) in [5, 5.41) is 5.17. The lowest BCUT2D eigenvalue weighted by molar-refractivity contribution is -0.127. The number of hydrogen-bond donors (Lipinski definition) is 2. The molecule has 0 saturated carbocycles. The first kappa shape index (κ1) is 25.4. The smallest absolute Gasteiger partial charge is 0.260 e. The number of H-pyrrole nitrogens is 1. The predicted molar refractivity (Wildman–Crippen MR) is 156 cm³/mol. The molecule has 39 heavy (non-hydrogen) atoms. The maximum Gasteiger partial charge on any atom is 0.260 e. The monoisotopic (exact) mass is 553 g/mol. The molecule has 0 spiro atoms.